The lowest BCUT2D eigenvalue weighted by Gasteiger charge is -2.35. The van der Waals surface area contributed by atoms with E-state index in [1.54, 1.807) is 31.0 Å². The summed E-state index contributed by atoms with van der Waals surface area (Å²) in [4.78, 5) is 13.0. The van der Waals surface area contributed by atoms with Gasteiger partial charge in [0.25, 0.3) is 5.69 Å². The topological polar surface area (TPSA) is 71.2 Å². The van der Waals surface area contributed by atoms with Gasteiger partial charge in [0.2, 0.25) is 0 Å². The van der Waals surface area contributed by atoms with E-state index in [0.29, 0.717) is 0 Å². The molecule has 4 rings (SSSR count). The number of thioether (sulfide) groups is 1. The molecule has 0 aromatic heterocycles. The highest BCUT2D eigenvalue weighted by molar-refractivity contribution is 8.15. The zero-order valence-electron chi connectivity index (χ0n) is 15.7. The molecular weight excluding hydrogens is 376 g/mol. The number of hydrogen-bond donors (Lipinski definition) is 0. The van der Waals surface area contributed by atoms with E-state index < -0.39 is 0 Å². The van der Waals surface area contributed by atoms with Crippen LogP contribution in [0.15, 0.2) is 53.6 Å². The summed E-state index contributed by atoms with van der Waals surface area (Å²) >= 11 is 1.72. The van der Waals surface area contributed by atoms with Crippen molar-refractivity contribution >= 4 is 28.2 Å². The van der Waals surface area contributed by atoms with Gasteiger partial charge in [0.1, 0.15) is 10.8 Å². The zero-order valence-corrected chi connectivity index (χ0v) is 16.5. The highest BCUT2D eigenvalue weighted by Crippen LogP contribution is 2.37. The number of non-ortho nitro benzene ring substituents is 1. The van der Waals surface area contributed by atoms with Gasteiger partial charge in [-0.1, -0.05) is 18.2 Å². The van der Waals surface area contributed by atoms with Crippen molar-refractivity contribution in [2.24, 2.45) is 5.10 Å². The van der Waals surface area contributed by atoms with Crippen molar-refractivity contribution in [1.82, 2.24) is 4.90 Å². The number of rotatable bonds is 5. The third-order valence-electron chi connectivity index (χ3n) is 4.99. The second-order valence-electron chi connectivity index (χ2n) is 6.79. The van der Waals surface area contributed by atoms with Gasteiger partial charge in [-0.05, 0) is 49.2 Å². The fraction of sp³-hybridized carbons (Fsp3) is 0.350. The second-order valence-corrected chi connectivity index (χ2v) is 7.84. The Morgan fingerprint density at radius 1 is 1.07 bits per heavy atom. The molecule has 0 spiro atoms. The Kier molecular flexibility index (Phi) is 5.50. The van der Waals surface area contributed by atoms with E-state index in [-0.39, 0.29) is 16.1 Å². The van der Waals surface area contributed by atoms with E-state index in [1.807, 2.05) is 29.3 Å². The molecule has 7 nitrogen and oxygen atoms in total. The standard InChI is InChI=1S/C20H22N4O3S/c1-27-18-11-5-15(6-12-18)19-21-23(16-7-9-17(10-8-16)24(25)26)20(28-19)22-13-3-2-4-14-22/h5-12,20H,2-4,13-14H2,1H3. The molecular formula is C20H22N4O3S. The number of piperidine rings is 1. The van der Waals surface area contributed by atoms with Crippen molar-refractivity contribution in [3.05, 3.63) is 64.2 Å². The maximum Gasteiger partial charge on any atom is 0.269 e. The summed E-state index contributed by atoms with van der Waals surface area (Å²) in [5.74, 6) is 0.812. The lowest BCUT2D eigenvalue weighted by atomic mass is 10.1. The molecule has 2 aliphatic heterocycles. The van der Waals surface area contributed by atoms with Crippen LogP contribution in [0.2, 0.25) is 0 Å². The predicted molar refractivity (Wildman–Crippen MR) is 112 cm³/mol. The third-order valence-corrected chi connectivity index (χ3v) is 6.24. The molecule has 2 aromatic carbocycles. The van der Waals surface area contributed by atoms with Crippen LogP contribution < -0.4 is 9.75 Å². The fourth-order valence-corrected chi connectivity index (χ4v) is 4.70. The van der Waals surface area contributed by atoms with Gasteiger partial charge in [-0.2, -0.15) is 5.10 Å². The summed E-state index contributed by atoms with van der Waals surface area (Å²) in [7, 11) is 1.65. The molecule has 0 N–H and O–H groups in total. The Labute approximate surface area is 168 Å². The fourth-order valence-electron chi connectivity index (χ4n) is 3.46. The molecule has 1 atom stereocenters. The van der Waals surface area contributed by atoms with Crippen molar-refractivity contribution in [1.29, 1.82) is 0 Å². The molecule has 28 heavy (non-hydrogen) atoms. The summed E-state index contributed by atoms with van der Waals surface area (Å²) in [5, 5.41) is 18.8. The minimum atomic E-state index is -0.378. The lowest BCUT2D eigenvalue weighted by molar-refractivity contribution is -0.384. The summed E-state index contributed by atoms with van der Waals surface area (Å²) < 4.78 is 5.25. The average Bonchev–Trinajstić information content (AvgIpc) is 3.20. The molecule has 0 radical (unpaired) electrons. The van der Waals surface area contributed by atoms with Crippen LogP contribution >= 0.6 is 11.8 Å². The molecule has 1 saturated heterocycles. The van der Waals surface area contributed by atoms with E-state index in [0.717, 1.165) is 35.1 Å². The van der Waals surface area contributed by atoms with Crippen LogP contribution in [0.5, 0.6) is 5.75 Å². The molecule has 0 bridgehead atoms. The second kappa shape index (κ2) is 8.20. The highest BCUT2D eigenvalue weighted by Gasteiger charge is 2.34. The van der Waals surface area contributed by atoms with Crippen molar-refractivity contribution in [2.75, 3.05) is 25.2 Å². The number of methoxy groups -OCH3 is 1. The van der Waals surface area contributed by atoms with E-state index >= 15 is 0 Å². The van der Waals surface area contributed by atoms with Crippen molar-refractivity contribution in [3.8, 4) is 5.75 Å². The molecule has 0 saturated carbocycles. The number of nitrogens with zero attached hydrogens (tertiary/aromatic N) is 4. The van der Waals surface area contributed by atoms with Gasteiger partial charge in [-0.3, -0.25) is 15.0 Å². The van der Waals surface area contributed by atoms with E-state index in [4.69, 9.17) is 9.84 Å². The molecule has 1 fully saturated rings. The number of ether oxygens (including phenoxy) is 1. The number of nitro groups is 1. The van der Waals surface area contributed by atoms with E-state index in [9.17, 15) is 10.1 Å². The maximum atomic E-state index is 11.0. The first-order valence-corrected chi connectivity index (χ1v) is 10.2. The Balaban J connectivity index is 1.64. The Morgan fingerprint density at radius 3 is 2.36 bits per heavy atom. The Hall–Kier alpha value is -2.58. The third kappa shape index (κ3) is 3.83. The number of nitro benzene ring substituents is 1. The van der Waals surface area contributed by atoms with E-state index in [1.165, 1.54) is 31.4 Å². The quantitative estimate of drug-likeness (QED) is 0.553. The minimum Gasteiger partial charge on any atom is -0.497 e. The van der Waals surface area contributed by atoms with Gasteiger partial charge in [-0.25, -0.2) is 5.01 Å². The predicted octanol–water partition coefficient (Wildman–Crippen LogP) is 4.29. The van der Waals surface area contributed by atoms with Gasteiger partial charge < -0.3 is 4.74 Å². The number of hydrogen-bond acceptors (Lipinski definition) is 7. The molecule has 146 valence electrons. The highest BCUT2D eigenvalue weighted by atomic mass is 32.2. The molecule has 0 aliphatic carbocycles. The number of likely N-dealkylation sites (tertiary alicyclic amines) is 1. The molecule has 0 amide bonds. The smallest absolute Gasteiger partial charge is 0.269 e. The molecule has 8 heteroatoms. The summed E-state index contributed by atoms with van der Waals surface area (Å²) in [5.41, 5.74) is 2.04. The largest absolute Gasteiger partial charge is 0.497 e. The Bertz CT molecular complexity index is 864. The van der Waals surface area contributed by atoms with Crippen LogP contribution in [0.4, 0.5) is 11.4 Å². The summed E-state index contributed by atoms with van der Waals surface area (Å²) in [6, 6.07) is 14.5. The van der Waals surface area contributed by atoms with Gasteiger partial charge in [0.05, 0.1) is 17.7 Å². The van der Waals surface area contributed by atoms with Crippen molar-refractivity contribution in [3.63, 3.8) is 0 Å². The summed E-state index contributed by atoms with van der Waals surface area (Å²) in [6.07, 6.45) is 3.63. The normalized spacial score (nSPS) is 20.1. The molecule has 2 heterocycles. The summed E-state index contributed by atoms with van der Waals surface area (Å²) in [6.45, 7) is 2.07. The Morgan fingerprint density at radius 2 is 1.75 bits per heavy atom. The van der Waals surface area contributed by atoms with E-state index in [2.05, 4.69) is 4.90 Å². The maximum absolute atomic E-state index is 11.0. The van der Waals surface area contributed by atoms with Crippen LogP contribution in [0.25, 0.3) is 0 Å². The van der Waals surface area contributed by atoms with Gasteiger partial charge in [-0.15, -0.1) is 0 Å². The van der Waals surface area contributed by atoms with Crippen molar-refractivity contribution in [2.45, 2.75) is 24.8 Å². The molecule has 2 aliphatic rings. The SMILES string of the molecule is COc1ccc(C2=NN(c3ccc([N+](=O)[O-])cc3)C(N3CCCCC3)S2)cc1. The molecule has 1 unspecified atom stereocenters. The zero-order chi connectivity index (χ0) is 19.5. The number of anilines is 1. The number of benzene rings is 2. The van der Waals surface area contributed by atoms with Gasteiger partial charge >= 0.3 is 0 Å². The number of hydrazone groups is 1. The van der Waals surface area contributed by atoms with Crippen LogP contribution in [0, 0.1) is 10.1 Å². The van der Waals surface area contributed by atoms with Crippen LogP contribution in [0.3, 0.4) is 0 Å². The first-order chi connectivity index (χ1) is 13.7. The monoisotopic (exact) mass is 398 g/mol. The van der Waals surface area contributed by atoms with Crippen molar-refractivity contribution < 1.29 is 9.66 Å². The van der Waals surface area contributed by atoms with Crippen LogP contribution in [-0.4, -0.2) is 40.6 Å². The van der Waals surface area contributed by atoms with Crippen LogP contribution in [0.1, 0.15) is 24.8 Å². The van der Waals surface area contributed by atoms with Gasteiger partial charge in [0, 0.05) is 30.8 Å². The van der Waals surface area contributed by atoms with Gasteiger partial charge in [0.15, 0.2) is 5.50 Å². The average molecular weight is 398 g/mol. The minimum absolute atomic E-state index is 0.0545. The molecule has 2 aromatic rings. The lowest BCUT2D eigenvalue weighted by Crippen LogP contribution is -2.44. The van der Waals surface area contributed by atoms with Crippen LogP contribution in [-0.2, 0) is 0 Å². The first kappa shape index (κ1) is 18.8. The first-order valence-electron chi connectivity index (χ1n) is 9.33.